The molecule has 0 unspecified atom stereocenters. The third-order valence-electron chi connectivity index (χ3n) is 19.8. The molecule has 10 rings (SSSR count). The summed E-state index contributed by atoms with van der Waals surface area (Å²) in [6.07, 6.45) is 11.1. The molecule has 3 aliphatic heterocycles. The molecule has 10 nitrogen and oxygen atoms in total. The Bertz CT molecular complexity index is 2460. The van der Waals surface area contributed by atoms with Gasteiger partial charge in [0.25, 0.3) is 0 Å². The van der Waals surface area contributed by atoms with Crippen LogP contribution in [-0.4, -0.2) is 88.3 Å². The van der Waals surface area contributed by atoms with Gasteiger partial charge in [-0.1, -0.05) is 58.4 Å². The first-order valence-electron chi connectivity index (χ1n) is 25.1. The summed E-state index contributed by atoms with van der Waals surface area (Å²) in [7, 11) is 1.95. The molecule has 10 heteroatoms. The number of aliphatic hydroxyl groups is 2. The van der Waals surface area contributed by atoms with Crippen LogP contribution < -0.4 is 5.32 Å². The Morgan fingerprint density at radius 2 is 1.74 bits per heavy atom. The second kappa shape index (κ2) is 15.6. The quantitative estimate of drug-likeness (QED) is 0.117. The molecule has 12 atom stereocenters. The van der Waals surface area contributed by atoms with Crippen molar-refractivity contribution in [2.75, 3.05) is 26.8 Å². The van der Waals surface area contributed by atoms with Gasteiger partial charge in [-0.3, -0.25) is 9.59 Å². The molecule has 7 aliphatic rings. The van der Waals surface area contributed by atoms with Gasteiger partial charge >= 0.3 is 0 Å². The van der Waals surface area contributed by atoms with E-state index in [-0.39, 0.29) is 29.1 Å². The Morgan fingerprint density at radius 3 is 2.43 bits per heavy atom. The van der Waals surface area contributed by atoms with Gasteiger partial charge in [-0.25, -0.2) is 0 Å². The highest BCUT2D eigenvalue weighted by Gasteiger charge is 2.73. The number of ether oxygens (including phenoxy) is 2. The third kappa shape index (κ3) is 6.67. The van der Waals surface area contributed by atoms with Gasteiger partial charge in [-0.15, -0.1) is 0 Å². The van der Waals surface area contributed by atoms with Crippen LogP contribution in [0.1, 0.15) is 152 Å². The molecule has 0 radical (unpaired) electrons. The van der Waals surface area contributed by atoms with Crippen LogP contribution in [0.3, 0.4) is 0 Å². The van der Waals surface area contributed by atoms with E-state index in [9.17, 15) is 19.8 Å². The maximum absolute atomic E-state index is 15.4. The number of benzene rings is 1. The van der Waals surface area contributed by atoms with Gasteiger partial charge in [0.2, 0.25) is 0 Å². The van der Waals surface area contributed by atoms with Crippen LogP contribution >= 0.6 is 0 Å². The number of aromatic amines is 1. The predicted molar refractivity (Wildman–Crippen MR) is 252 cm³/mol. The molecule has 5 heterocycles. The molecular formula is C55H75N3O7. The van der Waals surface area contributed by atoms with Crippen LogP contribution in [-0.2, 0) is 36.8 Å². The van der Waals surface area contributed by atoms with Crippen LogP contribution in [0.25, 0.3) is 11.0 Å². The number of aliphatic hydroxyl groups excluding tert-OH is 2. The molecule has 5 fully saturated rings. The lowest BCUT2D eigenvalue weighted by Crippen LogP contribution is -2.68. The van der Waals surface area contributed by atoms with E-state index in [4.69, 9.17) is 9.47 Å². The number of nitrogens with one attached hydrogen (secondary N) is 2. The van der Waals surface area contributed by atoms with Crippen LogP contribution in [0, 0.1) is 51.8 Å². The standard InChI is InChI=1S/C55H75N3O7/c1-31-22-34(32-13-20-64-21-14-32)24-35(23-31)38(30-59)36-28-58-29-37-43-44(51(4,25-40(61)49-50(2,3)65-49)15-10-33-27-57-45(36)46(33)58)39(60)26-55(43,8)54(7)17-11-41-52(5,18-19-56-9)42(62)12-16-53(41,6)48(54)47(37)63/h22-24,27-28,30,32,37-38,40-41,47-49,56-57,61,63H,10-21,25-26,29H2,1-9H3/t37-,38-,40-,41+,47-,48-,49-,51+,52+,53-,54+,55+/m1/s1. The molecule has 3 aromatic rings. The number of carbonyl (C=O) groups is 3. The number of ketones is 2. The number of H-pyrrole nitrogens is 1. The van der Waals surface area contributed by atoms with Gasteiger partial charge in [-0.05, 0) is 148 Å². The number of rotatable bonds is 10. The predicted octanol–water partition coefficient (Wildman–Crippen LogP) is 8.67. The van der Waals surface area contributed by atoms with Crippen molar-refractivity contribution in [1.82, 2.24) is 14.9 Å². The minimum absolute atomic E-state index is 0.0970. The van der Waals surface area contributed by atoms with Crippen molar-refractivity contribution in [3.05, 3.63) is 69.6 Å². The summed E-state index contributed by atoms with van der Waals surface area (Å²) in [6, 6.07) is 6.66. The highest BCUT2D eigenvalue weighted by molar-refractivity contribution is 6.02. The summed E-state index contributed by atoms with van der Waals surface area (Å²) in [4.78, 5) is 46.7. The summed E-state index contributed by atoms with van der Waals surface area (Å²) < 4.78 is 14.1. The Kier molecular flexibility index (Phi) is 10.9. The van der Waals surface area contributed by atoms with E-state index in [0.717, 1.165) is 109 Å². The van der Waals surface area contributed by atoms with Crippen molar-refractivity contribution in [3.63, 3.8) is 0 Å². The molecule has 352 valence electrons. The lowest BCUT2D eigenvalue weighted by Gasteiger charge is -2.70. The van der Waals surface area contributed by atoms with E-state index in [2.05, 4.69) is 87.0 Å². The first-order chi connectivity index (χ1) is 30.7. The first kappa shape index (κ1) is 45.4. The minimum Gasteiger partial charge on any atom is -0.392 e. The number of fused-ring (bicyclic) bond motifs is 4. The Labute approximate surface area is 386 Å². The molecule has 3 saturated carbocycles. The van der Waals surface area contributed by atoms with Gasteiger partial charge in [-0.2, -0.15) is 0 Å². The summed E-state index contributed by atoms with van der Waals surface area (Å²) in [5.41, 5.74) is 6.30. The van der Waals surface area contributed by atoms with E-state index in [0.29, 0.717) is 50.4 Å². The Balaban J connectivity index is 1.15. The fraction of sp³-hybridized carbons (Fsp3) is 0.691. The van der Waals surface area contributed by atoms with Crippen molar-refractivity contribution in [1.29, 1.82) is 0 Å². The Hall–Kier alpha value is -3.41. The SMILES string of the molecule is CNCC[C@]1(C)C(=O)CC[C@@]2(C)[C@H]3[C@H](O)[C@@H]4Cn5cc([C@H](C=O)c6cc(C)cc(C7CCOCC7)c6)c6[nH]cc(c65)CC[C@@](C)(C[C@@H](O)[C@H]5OC5(C)C)C5=C4[C@](C)(CC5=O)[C@@]3(C)CC[C@H]21. The fourth-order valence-corrected chi connectivity index (χ4v) is 16.3. The number of hydrogen-bond donors (Lipinski definition) is 4. The maximum Gasteiger partial charge on any atom is 0.160 e. The van der Waals surface area contributed by atoms with E-state index >= 15 is 4.79 Å². The van der Waals surface area contributed by atoms with Crippen LogP contribution in [0.4, 0.5) is 0 Å². The number of aryl methyl sites for hydroxylation is 2. The molecule has 1 aromatic carbocycles. The van der Waals surface area contributed by atoms with Gasteiger partial charge < -0.3 is 39.3 Å². The summed E-state index contributed by atoms with van der Waals surface area (Å²) in [5.74, 6) is -0.137. The molecule has 2 aromatic heterocycles. The highest BCUT2D eigenvalue weighted by atomic mass is 16.6. The van der Waals surface area contributed by atoms with Crippen molar-refractivity contribution >= 4 is 28.9 Å². The molecule has 0 amide bonds. The minimum atomic E-state index is -0.804. The van der Waals surface area contributed by atoms with E-state index in [1.54, 1.807) is 0 Å². The zero-order valence-electron chi connectivity index (χ0n) is 40.6. The normalized spacial score (nSPS) is 38.8. The summed E-state index contributed by atoms with van der Waals surface area (Å²) >= 11 is 0. The van der Waals surface area contributed by atoms with Crippen molar-refractivity contribution in [3.8, 4) is 0 Å². The van der Waals surface area contributed by atoms with Gasteiger partial charge in [0.15, 0.2) is 5.78 Å². The number of nitrogens with zero attached hydrogens (tertiary/aromatic N) is 1. The number of hydrogen-bond acceptors (Lipinski definition) is 8. The van der Waals surface area contributed by atoms with E-state index in [1.165, 1.54) is 5.56 Å². The maximum atomic E-state index is 15.4. The highest BCUT2D eigenvalue weighted by Crippen LogP contribution is 2.76. The van der Waals surface area contributed by atoms with Crippen LogP contribution in [0.5, 0.6) is 0 Å². The van der Waals surface area contributed by atoms with Crippen LogP contribution in [0.15, 0.2) is 41.7 Å². The number of aldehydes is 1. The Morgan fingerprint density at radius 1 is 1.00 bits per heavy atom. The molecule has 65 heavy (non-hydrogen) atoms. The molecule has 0 bridgehead atoms. The molecule has 4 aliphatic carbocycles. The monoisotopic (exact) mass is 890 g/mol. The van der Waals surface area contributed by atoms with E-state index in [1.807, 2.05) is 20.9 Å². The number of epoxide rings is 1. The van der Waals surface area contributed by atoms with Crippen molar-refractivity contribution in [2.24, 2.45) is 44.8 Å². The lowest BCUT2D eigenvalue weighted by atomic mass is 9.34. The van der Waals surface area contributed by atoms with Gasteiger partial charge in [0.05, 0.1) is 34.8 Å². The zero-order valence-corrected chi connectivity index (χ0v) is 40.6. The lowest BCUT2D eigenvalue weighted by molar-refractivity contribution is -0.222. The topological polar surface area (TPSA) is 146 Å². The largest absolute Gasteiger partial charge is 0.392 e. The number of carbonyl (C=O) groups excluding carboxylic acids is 3. The smallest absolute Gasteiger partial charge is 0.160 e. The van der Waals surface area contributed by atoms with Crippen molar-refractivity contribution < 1.29 is 34.1 Å². The number of Topliss-reactive ketones (excluding diaryl/α,β-unsaturated/α-hetero) is 2. The molecular weight excluding hydrogens is 815 g/mol. The van der Waals surface area contributed by atoms with Crippen molar-refractivity contribution in [2.45, 2.75) is 168 Å². The second-order valence-corrected chi connectivity index (χ2v) is 23.9. The molecule has 0 spiro atoms. The van der Waals surface area contributed by atoms with Crippen LogP contribution in [0.2, 0.25) is 0 Å². The number of aromatic nitrogens is 2. The average Bonchev–Trinajstić information content (AvgIpc) is 3.51. The van der Waals surface area contributed by atoms with E-state index < -0.39 is 51.3 Å². The second-order valence-electron chi connectivity index (χ2n) is 23.9. The third-order valence-corrected chi connectivity index (χ3v) is 19.8. The van der Waals surface area contributed by atoms with Gasteiger partial charge in [0.1, 0.15) is 18.2 Å². The number of allylic oxidation sites excluding steroid dienone is 1. The van der Waals surface area contributed by atoms with Gasteiger partial charge in [0, 0.05) is 72.9 Å². The molecule has 4 N–H and O–H groups in total. The first-order valence-corrected chi connectivity index (χ1v) is 25.1. The zero-order chi connectivity index (χ0) is 46.2. The fourth-order valence-electron chi connectivity index (χ4n) is 16.3. The molecule has 2 saturated heterocycles. The average molecular weight is 890 g/mol. The summed E-state index contributed by atoms with van der Waals surface area (Å²) in [6.45, 7) is 20.3. The summed E-state index contributed by atoms with van der Waals surface area (Å²) in [5, 5.41) is 29.0.